The standard InChI is InChI=1S/C37H59N7O7S/c1-9-10-18-25(31(45)33(47)38-7)40-32(46)30-28-24(37(28,5)6)21-44(30)34(48)29(23-16-12-11-13-17-23)42-35(49)41-26(36(2,3)4)22-43(8)52(50,51)27-19-14-15-20-39-27/h14-15,19-20,23-26,28-30H,9-13,16-18,21-22H2,1-8H3,(H,38,47)(H,40,46)(H2,41,42,49)/t24-,25?,26+,28-,29-,30-/m0/s1. The molecule has 0 bridgehead atoms. The summed E-state index contributed by atoms with van der Waals surface area (Å²) in [6.07, 6.45) is 7.39. The number of hydrogen-bond donors (Lipinski definition) is 4. The van der Waals surface area contributed by atoms with Gasteiger partial charge in [-0.25, -0.2) is 18.2 Å². The third kappa shape index (κ3) is 9.12. The molecule has 14 nitrogen and oxygen atoms in total. The Bertz CT molecular complexity index is 1570. The number of piperidine rings is 1. The fourth-order valence-electron chi connectivity index (χ4n) is 7.95. The fraction of sp³-hybridized carbons (Fsp3) is 0.730. The van der Waals surface area contributed by atoms with Crippen molar-refractivity contribution in [3.05, 3.63) is 24.4 Å². The Morgan fingerprint density at radius 1 is 1.04 bits per heavy atom. The van der Waals surface area contributed by atoms with Crippen LogP contribution in [0.4, 0.5) is 4.79 Å². The zero-order valence-electron chi connectivity index (χ0n) is 32.0. The van der Waals surface area contributed by atoms with Gasteiger partial charge in [0.2, 0.25) is 17.6 Å². The highest BCUT2D eigenvalue weighted by Gasteiger charge is 2.69. The topological polar surface area (TPSA) is 187 Å². The van der Waals surface area contributed by atoms with Crippen molar-refractivity contribution >= 4 is 39.6 Å². The van der Waals surface area contributed by atoms with Crippen molar-refractivity contribution in [2.75, 3.05) is 27.2 Å². The lowest BCUT2D eigenvalue weighted by atomic mass is 9.83. The number of carbonyl (C=O) groups excluding carboxylic acids is 5. The molecule has 0 aromatic carbocycles. The van der Waals surface area contributed by atoms with Crippen molar-refractivity contribution in [1.29, 1.82) is 0 Å². The highest BCUT2D eigenvalue weighted by atomic mass is 32.2. The van der Waals surface area contributed by atoms with Crippen molar-refractivity contribution in [3.63, 3.8) is 0 Å². The molecule has 2 heterocycles. The second-order valence-electron chi connectivity index (χ2n) is 16.4. The molecule has 1 unspecified atom stereocenters. The van der Waals surface area contributed by atoms with Gasteiger partial charge in [-0.3, -0.25) is 19.2 Å². The van der Waals surface area contributed by atoms with Crippen LogP contribution < -0.4 is 21.3 Å². The summed E-state index contributed by atoms with van der Waals surface area (Å²) < 4.78 is 27.7. The van der Waals surface area contributed by atoms with E-state index in [0.29, 0.717) is 19.4 Å². The molecule has 3 fully saturated rings. The summed E-state index contributed by atoms with van der Waals surface area (Å²) in [5.74, 6) is -2.56. The number of nitrogens with zero attached hydrogens (tertiary/aromatic N) is 3. The zero-order chi connectivity index (χ0) is 38.6. The molecule has 5 amide bonds. The lowest BCUT2D eigenvalue weighted by Crippen LogP contribution is -2.61. The minimum atomic E-state index is -3.94. The Morgan fingerprint density at radius 3 is 2.29 bits per heavy atom. The van der Waals surface area contributed by atoms with Gasteiger partial charge in [-0.15, -0.1) is 0 Å². The third-order valence-electron chi connectivity index (χ3n) is 11.5. The van der Waals surface area contributed by atoms with E-state index >= 15 is 0 Å². The predicted octanol–water partition coefficient (Wildman–Crippen LogP) is 2.84. The molecule has 15 heteroatoms. The van der Waals surface area contributed by atoms with Crippen LogP contribution in [0.5, 0.6) is 0 Å². The summed E-state index contributed by atoms with van der Waals surface area (Å²) in [6, 6.07) is 0.596. The lowest BCUT2D eigenvalue weighted by Gasteiger charge is -2.38. The van der Waals surface area contributed by atoms with E-state index in [2.05, 4.69) is 40.1 Å². The van der Waals surface area contributed by atoms with E-state index < -0.39 is 63.2 Å². The Hall–Kier alpha value is -3.59. The minimum absolute atomic E-state index is 0.0430. The second-order valence-corrected chi connectivity index (χ2v) is 18.4. The molecule has 6 atom stereocenters. The van der Waals surface area contributed by atoms with Gasteiger partial charge >= 0.3 is 6.03 Å². The van der Waals surface area contributed by atoms with Crippen molar-refractivity contribution in [3.8, 4) is 0 Å². The molecule has 290 valence electrons. The summed E-state index contributed by atoms with van der Waals surface area (Å²) in [6.45, 7) is 12.1. The Morgan fingerprint density at radius 2 is 1.71 bits per heavy atom. The summed E-state index contributed by atoms with van der Waals surface area (Å²) in [5.41, 5.74) is -0.768. The molecule has 3 aliphatic rings. The van der Waals surface area contributed by atoms with E-state index in [1.165, 1.54) is 30.7 Å². The summed E-state index contributed by atoms with van der Waals surface area (Å²) in [5, 5.41) is 11.0. The Kier molecular flexibility index (Phi) is 13.2. The number of urea groups is 1. The molecule has 1 aliphatic heterocycles. The average Bonchev–Trinajstić information content (AvgIpc) is 3.41. The first kappa shape index (κ1) is 41.2. The molecule has 2 aliphatic carbocycles. The number of ketones is 1. The SMILES string of the molecule is CCCCC(NC(=O)[C@@H]1[C@@H]2[C@H](CN1C(=O)[C@@H](NC(=O)N[C@H](CN(C)S(=O)(=O)c1ccccn1)C(C)(C)C)C1CCCCC1)C2(C)C)C(=O)C(=O)NC. The molecule has 1 saturated heterocycles. The molecular weight excluding hydrogens is 687 g/mol. The number of hydrogen-bond acceptors (Lipinski definition) is 8. The zero-order valence-corrected chi connectivity index (χ0v) is 32.8. The van der Waals surface area contributed by atoms with Gasteiger partial charge in [0.25, 0.3) is 15.9 Å². The first-order chi connectivity index (χ1) is 24.4. The number of amides is 5. The van der Waals surface area contributed by atoms with Gasteiger partial charge < -0.3 is 26.2 Å². The maximum absolute atomic E-state index is 14.6. The first-order valence-corrected chi connectivity index (χ1v) is 20.1. The van der Waals surface area contributed by atoms with E-state index in [1.807, 2.05) is 27.7 Å². The number of pyridine rings is 1. The molecular formula is C37H59N7O7S. The van der Waals surface area contributed by atoms with Crippen LogP contribution in [-0.4, -0.2) is 103 Å². The van der Waals surface area contributed by atoms with E-state index in [0.717, 1.165) is 38.5 Å². The maximum Gasteiger partial charge on any atom is 0.315 e. The van der Waals surface area contributed by atoms with E-state index in [9.17, 15) is 32.4 Å². The van der Waals surface area contributed by atoms with Gasteiger partial charge in [-0.1, -0.05) is 79.7 Å². The number of Topliss-reactive ketones (excluding diaryl/α,β-unsaturated/α-hetero) is 1. The minimum Gasteiger partial charge on any atom is -0.353 e. The smallest absolute Gasteiger partial charge is 0.315 e. The van der Waals surface area contributed by atoms with Gasteiger partial charge in [0.15, 0.2) is 5.03 Å². The predicted molar refractivity (Wildman–Crippen MR) is 196 cm³/mol. The van der Waals surface area contributed by atoms with Crippen LogP contribution in [0.15, 0.2) is 29.4 Å². The van der Waals surface area contributed by atoms with Gasteiger partial charge in [0.05, 0.1) is 6.04 Å². The van der Waals surface area contributed by atoms with Crippen molar-refractivity contribution in [2.24, 2.45) is 28.6 Å². The highest BCUT2D eigenvalue weighted by molar-refractivity contribution is 7.89. The van der Waals surface area contributed by atoms with Crippen LogP contribution in [0.25, 0.3) is 0 Å². The number of carbonyl (C=O) groups is 5. The van der Waals surface area contributed by atoms with Gasteiger partial charge in [-0.2, -0.15) is 4.31 Å². The largest absolute Gasteiger partial charge is 0.353 e. The fourth-order valence-corrected chi connectivity index (χ4v) is 9.06. The first-order valence-electron chi connectivity index (χ1n) is 18.7. The van der Waals surface area contributed by atoms with Gasteiger partial charge in [0.1, 0.15) is 12.1 Å². The number of fused-ring (bicyclic) bond motifs is 1. The second kappa shape index (κ2) is 16.6. The van der Waals surface area contributed by atoms with Crippen LogP contribution in [0.1, 0.15) is 92.9 Å². The van der Waals surface area contributed by atoms with E-state index in [4.69, 9.17) is 0 Å². The molecule has 1 aromatic rings. The summed E-state index contributed by atoms with van der Waals surface area (Å²) in [4.78, 5) is 73.4. The van der Waals surface area contributed by atoms with E-state index in [-0.39, 0.29) is 40.6 Å². The Balaban J connectivity index is 1.56. The van der Waals surface area contributed by atoms with Crippen molar-refractivity contribution in [2.45, 2.75) is 122 Å². The molecule has 0 radical (unpaired) electrons. The molecule has 0 spiro atoms. The van der Waals surface area contributed by atoms with Gasteiger partial charge in [-0.05, 0) is 60.0 Å². The van der Waals surface area contributed by atoms with Crippen molar-refractivity contribution in [1.82, 2.24) is 35.5 Å². The summed E-state index contributed by atoms with van der Waals surface area (Å²) >= 11 is 0. The molecule has 1 aromatic heterocycles. The third-order valence-corrected chi connectivity index (χ3v) is 13.2. The average molecular weight is 746 g/mol. The lowest BCUT2D eigenvalue weighted by molar-refractivity contribution is -0.144. The molecule has 4 rings (SSSR count). The Labute approximate surface area is 309 Å². The number of likely N-dealkylation sites (tertiary alicyclic amines) is 1. The van der Waals surface area contributed by atoms with Crippen molar-refractivity contribution < 1.29 is 32.4 Å². The molecule has 52 heavy (non-hydrogen) atoms. The number of rotatable bonds is 15. The molecule has 2 saturated carbocycles. The quantitative estimate of drug-likeness (QED) is 0.197. The number of unbranched alkanes of at least 4 members (excludes halogenated alkanes) is 1. The number of nitrogens with one attached hydrogen (secondary N) is 4. The number of likely N-dealkylation sites (N-methyl/N-ethyl adjacent to an activating group) is 2. The van der Waals surface area contributed by atoms with Crippen LogP contribution in [0.3, 0.4) is 0 Å². The van der Waals surface area contributed by atoms with Crippen LogP contribution in [0.2, 0.25) is 0 Å². The number of aromatic nitrogens is 1. The van der Waals surface area contributed by atoms with E-state index in [1.54, 1.807) is 17.0 Å². The monoisotopic (exact) mass is 745 g/mol. The maximum atomic E-state index is 14.6. The number of sulfonamides is 1. The van der Waals surface area contributed by atoms with Crippen LogP contribution >= 0.6 is 0 Å². The normalized spacial score (nSPS) is 23.2. The van der Waals surface area contributed by atoms with Crippen LogP contribution in [-0.2, 0) is 29.2 Å². The summed E-state index contributed by atoms with van der Waals surface area (Å²) in [7, 11) is -1.13. The molecule has 4 N–H and O–H groups in total. The van der Waals surface area contributed by atoms with Crippen LogP contribution in [0, 0.1) is 28.6 Å². The highest BCUT2D eigenvalue weighted by Crippen LogP contribution is 2.65. The van der Waals surface area contributed by atoms with Gasteiger partial charge in [0, 0.05) is 39.4 Å².